The normalized spacial score (nSPS) is 16.0. The van der Waals surface area contributed by atoms with Crippen LogP contribution >= 0.6 is 0 Å². The number of carbonyl (C=O) groups excluding carboxylic acids is 1. The quantitative estimate of drug-likeness (QED) is 0.916. The van der Waals surface area contributed by atoms with Gasteiger partial charge in [0.2, 0.25) is 5.91 Å². The second kappa shape index (κ2) is 7.31. The second-order valence-electron chi connectivity index (χ2n) is 5.94. The topological polar surface area (TPSA) is 35.6 Å². The van der Waals surface area contributed by atoms with Crippen molar-refractivity contribution >= 4 is 5.91 Å². The van der Waals surface area contributed by atoms with E-state index in [0.717, 1.165) is 30.8 Å². The van der Waals surface area contributed by atoms with Crippen molar-refractivity contribution < 1.29 is 18.0 Å². The number of hydrogen-bond acceptors (Lipinski definition) is 3. The summed E-state index contributed by atoms with van der Waals surface area (Å²) in [5.74, 6) is 0.0542. The molecule has 0 spiro atoms. The van der Waals surface area contributed by atoms with Crippen LogP contribution in [0.5, 0.6) is 0 Å². The lowest BCUT2D eigenvalue weighted by atomic mass is 10.0. The summed E-state index contributed by atoms with van der Waals surface area (Å²) >= 11 is 0. The zero-order chi connectivity index (χ0) is 17.0. The first-order valence-electron chi connectivity index (χ1n) is 7.61. The fraction of sp³-hybridized carbons (Fsp3) is 0.562. The number of aryl methyl sites for hydroxylation is 1. The van der Waals surface area contributed by atoms with Gasteiger partial charge in [0.15, 0.2) is 0 Å². The van der Waals surface area contributed by atoms with Crippen LogP contribution < -0.4 is 5.32 Å². The Morgan fingerprint density at radius 1 is 1.30 bits per heavy atom. The van der Waals surface area contributed by atoms with Crippen molar-refractivity contribution in [3.05, 3.63) is 34.9 Å². The molecule has 1 aromatic rings. The molecule has 0 atom stereocenters. The molecule has 1 aliphatic heterocycles. The summed E-state index contributed by atoms with van der Waals surface area (Å²) in [7, 11) is 1.80. The fourth-order valence-corrected chi connectivity index (χ4v) is 2.64. The Kier molecular flexibility index (Phi) is 5.64. The maximum absolute atomic E-state index is 12.7. The van der Waals surface area contributed by atoms with E-state index < -0.39 is 11.7 Å². The summed E-state index contributed by atoms with van der Waals surface area (Å²) in [6, 6.07) is 3.74. The Morgan fingerprint density at radius 2 is 1.96 bits per heavy atom. The van der Waals surface area contributed by atoms with Gasteiger partial charge >= 0.3 is 6.18 Å². The highest BCUT2D eigenvalue weighted by molar-refractivity contribution is 5.78. The van der Waals surface area contributed by atoms with Gasteiger partial charge in [0.25, 0.3) is 0 Å². The van der Waals surface area contributed by atoms with Gasteiger partial charge in [-0.25, -0.2) is 0 Å². The van der Waals surface area contributed by atoms with Crippen molar-refractivity contribution in [3.8, 4) is 0 Å². The maximum atomic E-state index is 12.7. The van der Waals surface area contributed by atoms with Gasteiger partial charge in [-0.15, -0.1) is 0 Å². The molecule has 1 aromatic carbocycles. The molecular weight excluding hydrogens is 307 g/mol. The molecule has 0 aliphatic carbocycles. The third kappa shape index (κ3) is 4.94. The number of carbonyl (C=O) groups is 1. The zero-order valence-electron chi connectivity index (χ0n) is 13.4. The van der Waals surface area contributed by atoms with Crippen LogP contribution in [0, 0.1) is 6.92 Å². The molecule has 2 rings (SSSR count). The summed E-state index contributed by atoms with van der Waals surface area (Å²) in [4.78, 5) is 15.8. The van der Waals surface area contributed by atoms with Crippen molar-refractivity contribution in [2.45, 2.75) is 19.6 Å². The van der Waals surface area contributed by atoms with Gasteiger partial charge < -0.3 is 10.2 Å². The van der Waals surface area contributed by atoms with Crippen LogP contribution in [-0.2, 0) is 17.5 Å². The minimum Gasteiger partial charge on any atom is -0.339 e. The smallest absolute Gasteiger partial charge is 0.339 e. The number of halogens is 3. The summed E-state index contributed by atoms with van der Waals surface area (Å²) in [5.41, 5.74) is 0.744. The zero-order valence-corrected chi connectivity index (χ0v) is 13.4. The van der Waals surface area contributed by atoms with Gasteiger partial charge in [-0.1, -0.05) is 6.07 Å². The molecule has 23 heavy (non-hydrogen) atoms. The van der Waals surface area contributed by atoms with E-state index in [0.29, 0.717) is 25.2 Å². The van der Waals surface area contributed by atoms with Crippen LogP contribution in [0.15, 0.2) is 18.2 Å². The maximum Gasteiger partial charge on any atom is 0.416 e. The number of rotatable bonds is 4. The number of amides is 1. The molecule has 1 heterocycles. The van der Waals surface area contributed by atoms with E-state index in [1.165, 1.54) is 6.07 Å². The van der Waals surface area contributed by atoms with Crippen molar-refractivity contribution in [3.63, 3.8) is 0 Å². The van der Waals surface area contributed by atoms with E-state index in [4.69, 9.17) is 0 Å². The molecule has 0 unspecified atom stereocenters. The second-order valence-corrected chi connectivity index (χ2v) is 5.94. The molecule has 0 radical (unpaired) electrons. The first-order valence-corrected chi connectivity index (χ1v) is 7.61. The van der Waals surface area contributed by atoms with E-state index in [1.54, 1.807) is 14.0 Å². The number of nitrogens with one attached hydrogen (secondary N) is 1. The molecule has 1 saturated heterocycles. The Hall–Kier alpha value is -1.60. The molecule has 1 amide bonds. The Bertz CT molecular complexity index is 554. The van der Waals surface area contributed by atoms with Crippen LogP contribution in [0.3, 0.4) is 0 Å². The lowest BCUT2D eigenvalue weighted by molar-refractivity contribution is -0.137. The van der Waals surface area contributed by atoms with Gasteiger partial charge in [0.05, 0.1) is 12.1 Å². The van der Waals surface area contributed by atoms with E-state index in [2.05, 4.69) is 5.32 Å². The molecule has 0 bridgehead atoms. The number of likely N-dealkylation sites (N-methyl/N-ethyl adjacent to an activating group) is 1. The molecular formula is C16H22F3N3O. The monoisotopic (exact) mass is 329 g/mol. The Labute approximate surface area is 134 Å². The largest absolute Gasteiger partial charge is 0.416 e. The van der Waals surface area contributed by atoms with E-state index in [1.807, 2.05) is 9.80 Å². The van der Waals surface area contributed by atoms with Crippen LogP contribution in [0.4, 0.5) is 13.2 Å². The third-order valence-corrected chi connectivity index (χ3v) is 3.99. The molecule has 1 aliphatic rings. The van der Waals surface area contributed by atoms with Gasteiger partial charge in [-0.3, -0.25) is 9.69 Å². The average Bonchev–Trinajstić information content (AvgIpc) is 2.49. The number of hydrogen-bond donors (Lipinski definition) is 1. The number of nitrogens with zero attached hydrogens (tertiary/aromatic N) is 2. The molecule has 1 fully saturated rings. The van der Waals surface area contributed by atoms with Crippen molar-refractivity contribution in [2.24, 2.45) is 0 Å². The summed E-state index contributed by atoms with van der Waals surface area (Å²) in [6.45, 7) is 5.37. The summed E-state index contributed by atoms with van der Waals surface area (Å²) in [6.07, 6.45) is -4.33. The predicted octanol–water partition coefficient (Wildman–Crippen LogP) is 1.88. The van der Waals surface area contributed by atoms with Gasteiger partial charge in [0.1, 0.15) is 0 Å². The molecule has 0 saturated carbocycles. The summed E-state index contributed by atoms with van der Waals surface area (Å²) in [5, 5.41) is 3.19. The van der Waals surface area contributed by atoms with E-state index in [9.17, 15) is 18.0 Å². The van der Waals surface area contributed by atoms with Crippen LogP contribution in [0.1, 0.15) is 16.7 Å². The van der Waals surface area contributed by atoms with Crippen LogP contribution in [-0.4, -0.2) is 55.5 Å². The van der Waals surface area contributed by atoms with Gasteiger partial charge in [0, 0.05) is 32.7 Å². The molecule has 0 aromatic heterocycles. The molecule has 7 heteroatoms. The van der Waals surface area contributed by atoms with Crippen molar-refractivity contribution in [2.75, 3.05) is 39.8 Å². The highest BCUT2D eigenvalue weighted by Gasteiger charge is 2.30. The number of piperazine rings is 1. The highest BCUT2D eigenvalue weighted by Crippen LogP contribution is 2.30. The third-order valence-electron chi connectivity index (χ3n) is 3.99. The minimum absolute atomic E-state index is 0.0542. The Morgan fingerprint density at radius 3 is 2.52 bits per heavy atom. The van der Waals surface area contributed by atoms with Gasteiger partial charge in [-0.2, -0.15) is 13.2 Å². The van der Waals surface area contributed by atoms with Crippen molar-refractivity contribution in [1.82, 2.24) is 15.1 Å². The standard InChI is InChI=1S/C16H22F3N3O/c1-12-9-14(16(17,18)19)4-3-13(12)10-21(2)11-15(23)22-7-5-20-6-8-22/h3-4,9,20H,5-8,10-11H2,1-2H3. The first kappa shape index (κ1) is 17.7. The van der Waals surface area contributed by atoms with Gasteiger partial charge in [-0.05, 0) is 37.2 Å². The first-order chi connectivity index (χ1) is 10.8. The molecule has 1 N–H and O–H groups in total. The SMILES string of the molecule is Cc1cc(C(F)(F)F)ccc1CN(C)CC(=O)N1CCNCC1. The Balaban J connectivity index is 1.94. The predicted molar refractivity (Wildman–Crippen MR) is 82.0 cm³/mol. The van der Waals surface area contributed by atoms with Crippen LogP contribution in [0.25, 0.3) is 0 Å². The molecule has 128 valence electrons. The summed E-state index contributed by atoms with van der Waals surface area (Å²) < 4.78 is 38.0. The highest BCUT2D eigenvalue weighted by atomic mass is 19.4. The van der Waals surface area contributed by atoms with E-state index >= 15 is 0 Å². The number of alkyl halides is 3. The average molecular weight is 329 g/mol. The lowest BCUT2D eigenvalue weighted by Crippen LogP contribution is -2.49. The van der Waals surface area contributed by atoms with E-state index in [-0.39, 0.29) is 12.5 Å². The molecule has 4 nitrogen and oxygen atoms in total. The fourth-order valence-electron chi connectivity index (χ4n) is 2.64. The number of benzene rings is 1. The lowest BCUT2D eigenvalue weighted by Gasteiger charge is -2.29. The van der Waals surface area contributed by atoms with Crippen LogP contribution in [0.2, 0.25) is 0 Å². The minimum atomic E-state index is -4.33. The van der Waals surface area contributed by atoms with Crippen molar-refractivity contribution in [1.29, 1.82) is 0 Å².